The predicted molar refractivity (Wildman–Crippen MR) is 83.8 cm³/mol. The molecule has 0 spiro atoms. The van der Waals surface area contributed by atoms with Gasteiger partial charge in [-0.15, -0.1) is 0 Å². The van der Waals surface area contributed by atoms with Gasteiger partial charge in [-0.05, 0) is 12.5 Å². The SMILES string of the molecule is CCCOc1ccc(CNC(C)C)c(OCC(=O)NC)c1. The van der Waals surface area contributed by atoms with Crippen LogP contribution in [0.15, 0.2) is 18.2 Å². The van der Waals surface area contributed by atoms with Gasteiger partial charge in [0.2, 0.25) is 0 Å². The number of hydrogen-bond donors (Lipinski definition) is 2. The molecule has 0 saturated heterocycles. The highest BCUT2D eigenvalue weighted by molar-refractivity contribution is 5.77. The smallest absolute Gasteiger partial charge is 0.257 e. The molecular weight excluding hydrogens is 268 g/mol. The molecule has 0 bridgehead atoms. The van der Waals surface area contributed by atoms with Gasteiger partial charge >= 0.3 is 0 Å². The zero-order chi connectivity index (χ0) is 15.7. The molecule has 5 nitrogen and oxygen atoms in total. The Kier molecular flexibility index (Phi) is 7.61. The Morgan fingerprint density at radius 2 is 2.05 bits per heavy atom. The van der Waals surface area contributed by atoms with E-state index < -0.39 is 0 Å². The highest BCUT2D eigenvalue weighted by Gasteiger charge is 2.09. The number of likely N-dealkylation sites (N-methyl/N-ethyl adjacent to an activating group) is 1. The molecule has 0 radical (unpaired) electrons. The molecule has 0 aliphatic heterocycles. The summed E-state index contributed by atoms with van der Waals surface area (Å²) < 4.78 is 11.2. The van der Waals surface area contributed by atoms with E-state index in [9.17, 15) is 4.79 Å². The third kappa shape index (κ3) is 6.49. The van der Waals surface area contributed by atoms with Crippen LogP contribution in [-0.4, -0.2) is 32.2 Å². The van der Waals surface area contributed by atoms with Gasteiger partial charge in [-0.2, -0.15) is 0 Å². The summed E-state index contributed by atoms with van der Waals surface area (Å²) in [6.07, 6.45) is 0.949. The summed E-state index contributed by atoms with van der Waals surface area (Å²) in [5.74, 6) is 1.29. The molecule has 0 saturated carbocycles. The van der Waals surface area contributed by atoms with Gasteiger partial charge in [-0.1, -0.05) is 26.8 Å². The minimum Gasteiger partial charge on any atom is -0.493 e. The molecule has 21 heavy (non-hydrogen) atoms. The second-order valence-corrected chi connectivity index (χ2v) is 5.12. The molecule has 2 N–H and O–H groups in total. The van der Waals surface area contributed by atoms with E-state index in [0.29, 0.717) is 24.9 Å². The summed E-state index contributed by atoms with van der Waals surface area (Å²) in [4.78, 5) is 11.3. The van der Waals surface area contributed by atoms with E-state index in [1.165, 1.54) is 0 Å². The van der Waals surface area contributed by atoms with Crippen molar-refractivity contribution < 1.29 is 14.3 Å². The highest BCUT2D eigenvalue weighted by atomic mass is 16.5. The lowest BCUT2D eigenvalue weighted by Crippen LogP contribution is -2.26. The number of ether oxygens (including phenoxy) is 2. The van der Waals surface area contributed by atoms with Gasteiger partial charge < -0.3 is 20.1 Å². The number of hydrogen-bond acceptors (Lipinski definition) is 4. The summed E-state index contributed by atoms with van der Waals surface area (Å²) in [5.41, 5.74) is 1.01. The van der Waals surface area contributed by atoms with Crippen LogP contribution < -0.4 is 20.1 Å². The molecule has 0 aromatic heterocycles. The summed E-state index contributed by atoms with van der Waals surface area (Å²) in [5, 5.41) is 5.89. The van der Waals surface area contributed by atoms with Gasteiger partial charge in [-0.3, -0.25) is 4.79 Å². The Morgan fingerprint density at radius 1 is 1.29 bits per heavy atom. The normalized spacial score (nSPS) is 10.5. The van der Waals surface area contributed by atoms with Gasteiger partial charge in [0.05, 0.1) is 6.61 Å². The number of nitrogens with one attached hydrogen (secondary N) is 2. The predicted octanol–water partition coefficient (Wildman–Crippen LogP) is 2.10. The Bertz CT molecular complexity index is 447. The van der Waals surface area contributed by atoms with Crippen molar-refractivity contribution in [2.75, 3.05) is 20.3 Å². The lowest BCUT2D eigenvalue weighted by atomic mass is 10.2. The fraction of sp³-hybridized carbons (Fsp3) is 0.562. The van der Waals surface area contributed by atoms with E-state index >= 15 is 0 Å². The van der Waals surface area contributed by atoms with Crippen molar-refractivity contribution in [3.8, 4) is 11.5 Å². The monoisotopic (exact) mass is 294 g/mol. The van der Waals surface area contributed by atoms with Crippen molar-refractivity contribution >= 4 is 5.91 Å². The molecule has 0 aliphatic carbocycles. The molecule has 1 rings (SSSR count). The van der Waals surface area contributed by atoms with Gasteiger partial charge in [0.25, 0.3) is 5.91 Å². The van der Waals surface area contributed by atoms with Crippen LogP contribution in [0.3, 0.4) is 0 Å². The molecule has 1 aromatic rings. The van der Waals surface area contributed by atoms with Crippen molar-refractivity contribution in [1.82, 2.24) is 10.6 Å². The zero-order valence-electron chi connectivity index (χ0n) is 13.4. The average molecular weight is 294 g/mol. The Balaban J connectivity index is 2.80. The molecule has 1 amide bonds. The van der Waals surface area contributed by atoms with Crippen LogP contribution in [0.1, 0.15) is 32.8 Å². The number of benzene rings is 1. The van der Waals surface area contributed by atoms with E-state index in [0.717, 1.165) is 17.7 Å². The quantitative estimate of drug-likeness (QED) is 0.732. The summed E-state index contributed by atoms with van der Waals surface area (Å²) in [6.45, 7) is 7.59. The van der Waals surface area contributed by atoms with Crippen molar-refractivity contribution in [1.29, 1.82) is 0 Å². The molecule has 118 valence electrons. The fourth-order valence-corrected chi connectivity index (χ4v) is 1.65. The highest BCUT2D eigenvalue weighted by Crippen LogP contribution is 2.25. The molecule has 1 aromatic carbocycles. The lowest BCUT2D eigenvalue weighted by molar-refractivity contribution is -0.122. The zero-order valence-corrected chi connectivity index (χ0v) is 13.4. The van der Waals surface area contributed by atoms with Crippen LogP contribution in [0.25, 0.3) is 0 Å². The minimum absolute atomic E-state index is 0.00239. The third-order valence-corrected chi connectivity index (χ3v) is 2.85. The molecule has 0 fully saturated rings. The first-order valence-electron chi connectivity index (χ1n) is 7.39. The topological polar surface area (TPSA) is 59.6 Å². The second-order valence-electron chi connectivity index (χ2n) is 5.12. The molecule has 0 aliphatic rings. The standard InChI is InChI=1S/C16H26N2O3/c1-5-8-20-14-7-6-13(10-18-12(2)3)15(9-14)21-11-16(19)17-4/h6-7,9,12,18H,5,8,10-11H2,1-4H3,(H,17,19). The van der Waals surface area contributed by atoms with Gasteiger partial charge in [-0.25, -0.2) is 0 Å². The molecule has 0 unspecified atom stereocenters. The molecule has 0 atom stereocenters. The Labute approximate surface area is 127 Å². The second kappa shape index (κ2) is 9.23. The Hall–Kier alpha value is -1.75. The number of carbonyl (C=O) groups excluding carboxylic acids is 1. The van der Waals surface area contributed by atoms with Gasteiger partial charge in [0.15, 0.2) is 6.61 Å². The van der Waals surface area contributed by atoms with E-state index in [-0.39, 0.29) is 12.5 Å². The van der Waals surface area contributed by atoms with Crippen molar-refractivity contribution in [3.63, 3.8) is 0 Å². The van der Waals surface area contributed by atoms with Crippen LogP contribution >= 0.6 is 0 Å². The summed E-state index contributed by atoms with van der Waals surface area (Å²) in [6, 6.07) is 6.13. The fourth-order valence-electron chi connectivity index (χ4n) is 1.65. The average Bonchev–Trinajstić information content (AvgIpc) is 2.49. The molecule has 5 heteroatoms. The summed E-state index contributed by atoms with van der Waals surface area (Å²) >= 11 is 0. The first-order chi connectivity index (χ1) is 10.1. The lowest BCUT2D eigenvalue weighted by Gasteiger charge is -2.15. The third-order valence-electron chi connectivity index (χ3n) is 2.85. The number of carbonyl (C=O) groups is 1. The van der Waals surface area contributed by atoms with E-state index in [1.807, 2.05) is 18.2 Å². The summed E-state index contributed by atoms with van der Waals surface area (Å²) in [7, 11) is 1.59. The van der Waals surface area contributed by atoms with E-state index in [2.05, 4.69) is 31.4 Å². The number of rotatable bonds is 9. The van der Waals surface area contributed by atoms with Crippen molar-refractivity contribution in [2.45, 2.75) is 39.8 Å². The maximum Gasteiger partial charge on any atom is 0.257 e. The molecular formula is C16H26N2O3. The Morgan fingerprint density at radius 3 is 2.67 bits per heavy atom. The largest absolute Gasteiger partial charge is 0.493 e. The first-order valence-corrected chi connectivity index (χ1v) is 7.39. The van der Waals surface area contributed by atoms with Gasteiger partial charge in [0, 0.05) is 31.3 Å². The maximum atomic E-state index is 11.3. The van der Waals surface area contributed by atoms with E-state index in [1.54, 1.807) is 7.05 Å². The van der Waals surface area contributed by atoms with Crippen molar-refractivity contribution in [3.05, 3.63) is 23.8 Å². The first kappa shape index (κ1) is 17.3. The van der Waals surface area contributed by atoms with Crippen LogP contribution in [-0.2, 0) is 11.3 Å². The number of amides is 1. The molecule has 0 heterocycles. The van der Waals surface area contributed by atoms with Gasteiger partial charge in [0.1, 0.15) is 11.5 Å². The van der Waals surface area contributed by atoms with Crippen LogP contribution in [0.4, 0.5) is 0 Å². The van der Waals surface area contributed by atoms with Crippen LogP contribution in [0, 0.1) is 0 Å². The maximum absolute atomic E-state index is 11.3. The van der Waals surface area contributed by atoms with Crippen molar-refractivity contribution in [2.24, 2.45) is 0 Å². The van der Waals surface area contributed by atoms with Crippen LogP contribution in [0.2, 0.25) is 0 Å². The van der Waals surface area contributed by atoms with E-state index in [4.69, 9.17) is 9.47 Å². The van der Waals surface area contributed by atoms with Crippen LogP contribution in [0.5, 0.6) is 11.5 Å². The minimum atomic E-state index is -0.155.